The third kappa shape index (κ3) is 1.00. The van der Waals surface area contributed by atoms with Gasteiger partial charge in [0, 0.05) is 0 Å². The van der Waals surface area contributed by atoms with Gasteiger partial charge in [-0.1, -0.05) is 38.8 Å². The highest BCUT2D eigenvalue weighted by atomic mass is 14.4. The molecule has 10 heavy (non-hydrogen) atoms. The van der Waals surface area contributed by atoms with Crippen LogP contribution in [0.5, 0.6) is 0 Å². The topological polar surface area (TPSA) is 0 Å². The highest BCUT2D eigenvalue weighted by Crippen LogP contribution is 2.44. The Hall–Kier alpha value is -0.260. The SMILES string of the molecule is CCC1CC=C(C)C1(C)C. The Bertz CT molecular complexity index is 151. The molecule has 0 spiro atoms. The first-order chi connectivity index (χ1) is 4.59. The molecule has 0 aromatic rings. The average molecular weight is 138 g/mol. The van der Waals surface area contributed by atoms with Gasteiger partial charge < -0.3 is 0 Å². The van der Waals surface area contributed by atoms with Crippen molar-refractivity contribution in [2.75, 3.05) is 0 Å². The molecule has 1 rings (SSSR count). The fourth-order valence-corrected chi connectivity index (χ4v) is 1.88. The van der Waals surface area contributed by atoms with Gasteiger partial charge in [-0.05, 0) is 24.7 Å². The van der Waals surface area contributed by atoms with Crippen LogP contribution < -0.4 is 0 Å². The Balaban J connectivity index is 2.74. The zero-order valence-corrected chi connectivity index (χ0v) is 7.57. The molecule has 0 bridgehead atoms. The molecule has 0 heterocycles. The highest BCUT2D eigenvalue weighted by molar-refractivity contribution is 5.17. The van der Waals surface area contributed by atoms with Crippen LogP contribution in [0.2, 0.25) is 0 Å². The Kier molecular flexibility index (Phi) is 1.89. The average Bonchev–Trinajstić information content (AvgIpc) is 2.10. The van der Waals surface area contributed by atoms with Gasteiger partial charge in [0.05, 0.1) is 0 Å². The Morgan fingerprint density at radius 2 is 2.20 bits per heavy atom. The molecule has 0 radical (unpaired) electrons. The molecule has 0 N–H and O–H groups in total. The van der Waals surface area contributed by atoms with Gasteiger partial charge in [0.15, 0.2) is 0 Å². The predicted octanol–water partition coefficient (Wildman–Crippen LogP) is 3.39. The molecule has 1 unspecified atom stereocenters. The first-order valence-electron chi connectivity index (χ1n) is 4.26. The second kappa shape index (κ2) is 2.41. The molecule has 0 heteroatoms. The van der Waals surface area contributed by atoms with Crippen molar-refractivity contribution in [2.24, 2.45) is 11.3 Å². The van der Waals surface area contributed by atoms with Gasteiger partial charge >= 0.3 is 0 Å². The van der Waals surface area contributed by atoms with Crippen molar-refractivity contribution in [3.8, 4) is 0 Å². The third-order valence-corrected chi connectivity index (χ3v) is 3.24. The summed E-state index contributed by atoms with van der Waals surface area (Å²) in [7, 11) is 0. The lowest BCUT2D eigenvalue weighted by molar-refractivity contribution is 0.284. The molecule has 58 valence electrons. The minimum Gasteiger partial charge on any atom is -0.0848 e. The van der Waals surface area contributed by atoms with E-state index in [1.807, 2.05) is 0 Å². The van der Waals surface area contributed by atoms with E-state index in [2.05, 4.69) is 33.8 Å². The Morgan fingerprint density at radius 1 is 1.60 bits per heavy atom. The Morgan fingerprint density at radius 3 is 2.40 bits per heavy atom. The van der Waals surface area contributed by atoms with Crippen LogP contribution in [0.3, 0.4) is 0 Å². The third-order valence-electron chi connectivity index (χ3n) is 3.24. The van der Waals surface area contributed by atoms with E-state index < -0.39 is 0 Å². The van der Waals surface area contributed by atoms with Crippen molar-refractivity contribution in [3.63, 3.8) is 0 Å². The van der Waals surface area contributed by atoms with Gasteiger partial charge in [-0.3, -0.25) is 0 Å². The predicted molar refractivity (Wildman–Crippen MR) is 45.9 cm³/mol. The van der Waals surface area contributed by atoms with Gasteiger partial charge in [0.25, 0.3) is 0 Å². The first kappa shape index (κ1) is 7.84. The molecule has 0 nitrogen and oxygen atoms in total. The first-order valence-corrected chi connectivity index (χ1v) is 4.26. The summed E-state index contributed by atoms with van der Waals surface area (Å²) in [5, 5.41) is 0. The van der Waals surface area contributed by atoms with Crippen LogP contribution in [0.1, 0.15) is 40.5 Å². The molecule has 1 atom stereocenters. The quantitative estimate of drug-likeness (QED) is 0.487. The van der Waals surface area contributed by atoms with Crippen molar-refractivity contribution < 1.29 is 0 Å². The van der Waals surface area contributed by atoms with Crippen molar-refractivity contribution in [3.05, 3.63) is 11.6 Å². The number of hydrogen-bond acceptors (Lipinski definition) is 0. The molecule has 1 aliphatic carbocycles. The standard InChI is InChI=1S/C10H18/c1-5-9-7-6-8(2)10(9,3)4/h6,9H,5,7H2,1-4H3. The van der Waals surface area contributed by atoms with E-state index in [0.29, 0.717) is 5.41 Å². The minimum atomic E-state index is 0.481. The van der Waals surface area contributed by atoms with Gasteiger partial charge in [-0.2, -0.15) is 0 Å². The maximum absolute atomic E-state index is 2.40. The van der Waals surface area contributed by atoms with Crippen LogP contribution >= 0.6 is 0 Å². The molecular formula is C10H18. The Labute approximate surface area is 64.3 Å². The fraction of sp³-hybridized carbons (Fsp3) is 0.800. The zero-order chi connectivity index (χ0) is 7.78. The lowest BCUT2D eigenvalue weighted by Gasteiger charge is -2.28. The maximum Gasteiger partial charge on any atom is -0.0116 e. The van der Waals surface area contributed by atoms with E-state index >= 15 is 0 Å². The van der Waals surface area contributed by atoms with E-state index in [0.717, 1.165) is 5.92 Å². The number of allylic oxidation sites excluding steroid dienone is 2. The van der Waals surface area contributed by atoms with Crippen LogP contribution in [0, 0.1) is 11.3 Å². The second-order valence-electron chi connectivity index (χ2n) is 3.95. The summed E-state index contributed by atoms with van der Waals surface area (Å²) >= 11 is 0. The smallest absolute Gasteiger partial charge is 0.0116 e. The normalized spacial score (nSPS) is 30.4. The van der Waals surface area contributed by atoms with Gasteiger partial charge in [0.1, 0.15) is 0 Å². The van der Waals surface area contributed by atoms with Crippen LogP contribution in [-0.4, -0.2) is 0 Å². The van der Waals surface area contributed by atoms with Gasteiger partial charge in [-0.15, -0.1) is 0 Å². The maximum atomic E-state index is 2.40. The lowest BCUT2D eigenvalue weighted by Crippen LogP contribution is -2.19. The summed E-state index contributed by atoms with van der Waals surface area (Å²) in [6.07, 6.45) is 5.02. The molecule has 0 saturated carbocycles. The molecule has 0 saturated heterocycles. The molecule has 0 aromatic heterocycles. The molecule has 0 fully saturated rings. The molecule has 0 aromatic carbocycles. The van der Waals surface area contributed by atoms with Crippen molar-refractivity contribution in [2.45, 2.75) is 40.5 Å². The minimum absolute atomic E-state index is 0.481. The summed E-state index contributed by atoms with van der Waals surface area (Å²) in [6, 6.07) is 0. The van der Waals surface area contributed by atoms with Crippen LogP contribution in [-0.2, 0) is 0 Å². The van der Waals surface area contributed by atoms with E-state index in [1.54, 1.807) is 5.57 Å². The summed E-state index contributed by atoms with van der Waals surface area (Å²) in [4.78, 5) is 0. The summed E-state index contributed by atoms with van der Waals surface area (Å²) in [5.41, 5.74) is 2.06. The molecule has 0 amide bonds. The number of hydrogen-bond donors (Lipinski definition) is 0. The van der Waals surface area contributed by atoms with Crippen LogP contribution in [0.25, 0.3) is 0 Å². The van der Waals surface area contributed by atoms with E-state index in [9.17, 15) is 0 Å². The van der Waals surface area contributed by atoms with Crippen LogP contribution in [0.4, 0.5) is 0 Å². The lowest BCUT2D eigenvalue weighted by atomic mass is 9.76. The van der Waals surface area contributed by atoms with Crippen molar-refractivity contribution in [1.82, 2.24) is 0 Å². The fourth-order valence-electron chi connectivity index (χ4n) is 1.88. The van der Waals surface area contributed by atoms with Gasteiger partial charge in [-0.25, -0.2) is 0 Å². The molecule has 1 aliphatic rings. The molecular weight excluding hydrogens is 120 g/mol. The number of rotatable bonds is 1. The zero-order valence-electron chi connectivity index (χ0n) is 7.57. The van der Waals surface area contributed by atoms with Crippen molar-refractivity contribution >= 4 is 0 Å². The van der Waals surface area contributed by atoms with E-state index in [-0.39, 0.29) is 0 Å². The second-order valence-corrected chi connectivity index (χ2v) is 3.95. The van der Waals surface area contributed by atoms with E-state index in [4.69, 9.17) is 0 Å². The summed E-state index contributed by atoms with van der Waals surface area (Å²) in [5.74, 6) is 0.896. The van der Waals surface area contributed by atoms with Crippen LogP contribution in [0.15, 0.2) is 11.6 Å². The van der Waals surface area contributed by atoms with Crippen molar-refractivity contribution in [1.29, 1.82) is 0 Å². The largest absolute Gasteiger partial charge is 0.0848 e. The summed E-state index contributed by atoms with van der Waals surface area (Å²) < 4.78 is 0. The summed E-state index contributed by atoms with van der Waals surface area (Å²) in [6.45, 7) is 9.27. The highest BCUT2D eigenvalue weighted by Gasteiger charge is 2.32. The molecule has 0 aliphatic heterocycles. The monoisotopic (exact) mass is 138 g/mol. The van der Waals surface area contributed by atoms with Gasteiger partial charge in [0.2, 0.25) is 0 Å². The van der Waals surface area contributed by atoms with E-state index in [1.165, 1.54) is 12.8 Å².